The summed E-state index contributed by atoms with van der Waals surface area (Å²) >= 11 is 0. The molecular formula is C16H23F2NO. The molecule has 0 aromatic heterocycles. The molecule has 1 N–H and O–H groups in total. The van der Waals surface area contributed by atoms with E-state index in [4.69, 9.17) is 0 Å². The second-order valence-corrected chi connectivity index (χ2v) is 6.27. The lowest BCUT2D eigenvalue weighted by Crippen LogP contribution is -2.52. The van der Waals surface area contributed by atoms with Gasteiger partial charge in [0.15, 0.2) is 0 Å². The predicted octanol–water partition coefficient (Wildman–Crippen LogP) is 3.51. The lowest BCUT2D eigenvalue weighted by Gasteiger charge is -2.48. The van der Waals surface area contributed by atoms with Gasteiger partial charge in [-0.2, -0.15) is 0 Å². The summed E-state index contributed by atoms with van der Waals surface area (Å²) in [5, 5.41) is 10.8. The Morgan fingerprint density at radius 1 is 1.35 bits per heavy atom. The van der Waals surface area contributed by atoms with Crippen LogP contribution in [0.1, 0.15) is 44.3 Å². The van der Waals surface area contributed by atoms with Crippen LogP contribution in [0.3, 0.4) is 0 Å². The van der Waals surface area contributed by atoms with Crippen molar-refractivity contribution in [3.63, 3.8) is 0 Å². The fraction of sp³-hybridized carbons (Fsp3) is 0.625. The average molecular weight is 283 g/mol. The summed E-state index contributed by atoms with van der Waals surface area (Å²) in [5.41, 5.74) is -0.287. The van der Waals surface area contributed by atoms with Gasteiger partial charge in [0.25, 0.3) is 0 Å². The minimum atomic E-state index is -0.944. The van der Waals surface area contributed by atoms with E-state index in [0.29, 0.717) is 5.92 Å². The molecule has 0 bridgehead atoms. The largest absolute Gasteiger partial charge is 0.386 e. The highest BCUT2D eigenvalue weighted by Crippen LogP contribution is 2.44. The first-order chi connectivity index (χ1) is 9.36. The number of nitrogens with zero attached hydrogens (tertiary/aromatic N) is 1. The van der Waals surface area contributed by atoms with Gasteiger partial charge in [-0.15, -0.1) is 0 Å². The van der Waals surface area contributed by atoms with Crippen LogP contribution in [-0.4, -0.2) is 29.6 Å². The van der Waals surface area contributed by atoms with Gasteiger partial charge in [0, 0.05) is 11.6 Å². The van der Waals surface area contributed by atoms with Crippen molar-refractivity contribution >= 4 is 0 Å². The van der Waals surface area contributed by atoms with Crippen molar-refractivity contribution in [1.29, 1.82) is 0 Å². The molecule has 1 saturated carbocycles. The molecule has 4 heteroatoms. The molecule has 1 fully saturated rings. The fourth-order valence-corrected chi connectivity index (χ4v) is 3.48. The minimum absolute atomic E-state index is 0.189. The number of rotatable bonds is 3. The monoisotopic (exact) mass is 283 g/mol. The van der Waals surface area contributed by atoms with Crippen LogP contribution >= 0.6 is 0 Å². The van der Waals surface area contributed by atoms with Crippen molar-refractivity contribution in [2.75, 3.05) is 14.1 Å². The van der Waals surface area contributed by atoms with Crippen LogP contribution in [0, 0.1) is 17.6 Å². The Morgan fingerprint density at radius 2 is 2.05 bits per heavy atom. The summed E-state index contributed by atoms with van der Waals surface area (Å²) in [6, 6.07) is 3.41. The fourth-order valence-electron chi connectivity index (χ4n) is 3.48. The van der Waals surface area contributed by atoms with Crippen molar-refractivity contribution in [3.05, 3.63) is 35.4 Å². The molecule has 0 saturated heterocycles. The zero-order chi connectivity index (χ0) is 14.9. The lowest BCUT2D eigenvalue weighted by atomic mass is 9.70. The number of benzene rings is 1. The van der Waals surface area contributed by atoms with Crippen molar-refractivity contribution in [3.8, 4) is 0 Å². The van der Waals surface area contributed by atoms with E-state index in [2.05, 4.69) is 6.92 Å². The Labute approximate surface area is 119 Å². The number of likely N-dealkylation sites (N-methyl/N-ethyl adjacent to an activating group) is 1. The summed E-state index contributed by atoms with van der Waals surface area (Å²) in [5.74, 6) is -0.796. The van der Waals surface area contributed by atoms with Crippen molar-refractivity contribution < 1.29 is 13.9 Å². The Bertz CT molecular complexity index is 478. The maximum atomic E-state index is 14.0. The maximum Gasteiger partial charge on any atom is 0.131 e. The Kier molecular flexibility index (Phi) is 4.45. The molecule has 20 heavy (non-hydrogen) atoms. The second kappa shape index (κ2) is 5.78. The van der Waals surface area contributed by atoms with E-state index >= 15 is 0 Å². The second-order valence-electron chi connectivity index (χ2n) is 6.27. The van der Waals surface area contributed by atoms with Crippen LogP contribution in [0.2, 0.25) is 0 Å². The summed E-state index contributed by atoms with van der Waals surface area (Å²) in [7, 11) is 3.84. The number of halogens is 2. The Morgan fingerprint density at radius 3 is 2.60 bits per heavy atom. The predicted molar refractivity (Wildman–Crippen MR) is 75.4 cm³/mol. The highest BCUT2D eigenvalue weighted by atomic mass is 19.1. The average Bonchev–Trinajstić information content (AvgIpc) is 2.37. The molecule has 112 valence electrons. The highest BCUT2D eigenvalue weighted by Gasteiger charge is 2.44. The summed E-state index contributed by atoms with van der Waals surface area (Å²) in [4.78, 5) is 2.00. The summed E-state index contributed by atoms with van der Waals surface area (Å²) in [6.07, 6.45) is 2.84. The first-order valence-corrected chi connectivity index (χ1v) is 7.17. The summed E-state index contributed by atoms with van der Waals surface area (Å²) in [6.45, 7) is 2.16. The van der Waals surface area contributed by atoms with Crippen molar-refractivity contribution in [2.24, 2.45) is 5.92 Å². The van der Waals surface area contributed by atoms with Gasteiger partial charge in [-0.3, -0.25) is 0 Å². The summed E-state index contributed by atoms with van der Waals surface area (Å²) < 4.78 is 27.0. The smallest absolute Gasteiger partial charge is 0.131 e. The first kappa shape index (κ1) is 15.4. The molecule has 1 aromatic carbocycles. The van der Waals surface area contributed by atoms with Gasteiger partial charge in [-0.05, 0) is 38.9 Å². The van der Waals surface area contributed by atoms with Crippen LogP contribution in [-0.2, 0) is 0 Å². The van der Waals surface area contributed by atoms with Crippen LogP contribution in [0.5, 0.6) is 0 Å². The van der Waals surface area contributed by atoms with Gasteiger partial charge in [0.05, 0.1) is 5.54 Å². The lowest BCUT2D eigenvalue weighted by molar-refractivity contribution is -0.0466. The van der Waals surface area contributed by atoms with Crippen LogP contribution in [0.4, 0.5) is 8.78 Å². The van der Waals surface area contributed by atoms with E-state index < -0.39 is 23.3 Å². The van der Waals surface area contributed by atoms with Crippen LogP contribution < -0.4 is 0 Å². The van der Waals surface area contributed by atoms with Gasteiger partial charge < -0.3 is 10.0 Å². The van der Waals surface area contributed by atoms with Crippen LogP contribution in [0.25, 0.3) is 0 Å². The number of aliphatic hydroxyl groups is 1. The van der Waals surface area contributed by atoms with Gasteiger partial charge in [0.1, 0.15) is 17.7 Å². The number of hydrogen-bond acceptors (Lipinski definition) is 2. The quantitative estimate of drug-likeness (QED) is 0.917. The van der Waals surface area contributed by atoms with Gasteiger partial charge in [-0.25, -0.2) is 8.78 Å². The van der Waals surface area contributed by atoms with Crippen LogP contribution in [0.15, 0.2) is 18.2 Å². The Hall–Kier alpha value is -1.00. The zero-order valence-electron chi connectivity index (χ0n) is 12.4. The standard InChI is InChI=1S/C16H23F2NO/c1-11-5-4-8-16(10-11,19(2)3)15(20)13-7-6-12(17)9-14(13)18/h6-7,9,11,15,20H,4-5,8,10H2,1-3H3. The van der Waals surface area contributed by atoms with Gasteiger partial charge >= 0.3 is 0 Å². The van der Waals surface area contributed by atoms with E-state index in [0.717, 1.165) is 31.7 Å². The molecule has 3 atom stereocenters. The topological polar surface area (TPSA) is 23.5 Å². The van der Waals surface area contributed by atoms with Gasteiger partial charge in [-0.1, -0.05) is 25.8 Å². The molecule has 0 amide bonds. The van der Waals surface area contributed by atoms with Crippen molar-refractivity contribution in [2.45, 2.75) is 44.2 Å². The molecular weight excluding hydrogens is 260 g/mol. The molecule has 2 rings (SSSR count). The van der Waals surface area contributed by atoms with Gasteiger partial charge in [0.2, 0.25) is 0 Å². The minimum Gasteiger partial charge on any atom is -0.386 e. The molecule has 0 aliphatic heterocycles. The molecule has 0 spiro atoms. The van der Waals surface area contributed by atoms with E-state index in [-0.39, 0.29) is 5.56 Å². The van der Waals surface area contributed by atoms with E-state index in [1.807, 2.05) is 19.0 Å². The molecule has 0 heterocycles. The maximum absolute atomic E-state index is 14.0. The van der Waals surface area contributed by atoms with E-state index in [1.54, 1.807) is 0 Å². The third-order valence-corrected chi connectivity index (χ3v) is 4.67. The molecule has 3 unspecified atom stereocenters. The molecule has 1 aromatic rings. The number of aliphatic hydroxyl groups excluding tert-OH is 1. The van der Waals surface area contributed by atoms with E-state index in [1.165, 1.54) is 12.1 Å². The number of hydrogen-bond donors (Lipinski definition) is 1. The molecule has 1 aliphatic carbocycles. The third-order valence-electron chi connectivity index (χ3n) is 4.67. The Balaban J connectivity index is 2.38. The molecule has 0 radical (unpaired) electrons. The highest BCUT2D eigenvalue weighted by molar-refractivity contribution is 5.24. The first-order valence-electron chi connectivity index (χ1n) is 7.17. The van der Waals surface area contributed by atoms with E-state index in [9.17, 15) is 13.9 Å². The zero-order valence-corrected chi connectivity index (χ0v) is 12.4. The molecule has 1 aliphatic rings. The SMILES string of the molecule is CC1CCCC(C(O)c2ccc(F)cc2F)(N(C)C)C1. The molecule has 2 nitrogen and oxygen atoms in total. The normalized spacial score (nSPS) is 28.6. The van der Waals surface area contributed by atoms with Crippen molar-refractivity contribution in [1.82, 2.24) is 4.90 Å². The third kappa shape index (κ3) is 2.72.